The Morgan fingerprint density at radius 2 is 2.14 bits per heavy atom. The molecule has 0 saturated carbocycles. The van der Waals surface area contributed by atoms with Crippen LogP contribution in [-0.4, -0.2) is 37.1 Å². The first-order chi connectivity index (χ1) is 9.84. The SMILES string of the molecule is COC(=O)c1c(C)cc(Cl)nc1N1CCCC(F)(F)CC1. The molecule has 0 aromatic carbocycles. The van der Waals surface area contributed by atoms with Crippen LogP contribution in [0.1, 0.15) is 35.2 Å². The average Bonchev–Trinajstić information content (AvgIpc) is 2.58. The molecule has 0 radical (unpaired) electrons. The van der Waals surface area contributed by atoms with Gasteiger partial charge in [0.2, 0.25) is 5.92 Å². The summed E-state index contributed by atoms with van der Waals surface area (Å²) in [6.45, 7) is 2.26. The lowest BCUT2D eigenvalue weighted by molar-refractivity contribution is -0.0102. The average molecular weight is 319 g/mol. The molecule has 1 aromatic heterocycles. The van der Waals surface area contributed by atoms with E-state index in [0.717, 1.165) is 0 Å². The van der Waals surface area contributed by atoms with Gasteiger partial charge < -0.3 is 9.64 Å². The van der Waals surface area contributed by atoms with Gasteiger partial charge in [0.1, 0.15) is 16.5 Å². The molecule has 0 unspecified atom stereocenters. The highest BCUT2D eigenvalue weighted by Gasteiger charge is 2.33. The summed E-state index contributed by atoms with van der Waals surface area (Å²) in [6.07, 6.45) is -0.0850. The van der Waals surface area contributed by atoms with E-state index in [-0.39, 0.29) is 30.1 Å². The second-order valence-electron chi connectivity index (χ2n) is 5.15. The first kappa shape index (κ1) is 15.9. The van der Waals surface area contributed by atoms with E-state index in [1.54, 1.807) is 17.9 Å². The minimum Gasteiger partial charge on any atom is -0.465 e. The zero-order valence-corrected chi connectivity index (χ0v) is 12.7. The second-order valence-corrected chi connectivity index (χ2v) is 5.54. The van der Waals surface area contributed by atoms with Crippen molar-refractivity contribution < 1.29 is 18.3 Å². The number of esters is 1. The molecule has 0 bridgehead atoms. The number of aryl methyl sites for hydroxylation is 1. The highest BCUT2D eigenvalue weighted by molar-refractivity contribution is 6.29. The van der Waals surface area contributed by atoms with Gasteiger partial charge in [-0.05, 0) is 25.0 Å². The molecule has 1 aromatic rings. The Kier molecular flexibility index (Phi) is 4.66. The summed E-state index contributed by atoms with van der Waals surface area (Å²) in [5.41, 5.74) is 0.903. The number of carbonyl (C=O) groups excluding carboxylic acids is 1. The van der Waals surface area contributed by atoms with Crippen molar-refractivity contribution in [2.45, 2.75) is 32.1 Å². The summed E-state index contributed by atoms with van der Waals surface area (Å²) >= 11 is 5.95. The van der Waals surface area contributed by atoms with Gasteiger partial charge in [-0.25, -0.2) is 18.6 Å². The van der Waals surface area contributed by atoms with E-state index in [2.05, 4.69) is 4.98 Å². The zero-order chi connectivity index (χ0) is 15.6. The molecule has 2 rings (SSSR count). The summed E-state index contributed by atoms with van der Waals surface area (Å²) in [7, 11) is 1.27. The maximum Gasteiger partial charge on any atom is 0.341 e. The van der Waals surface area contributed by atoms with Crippen molar-refractivity contribution in [2.24, 2.45) is 0 Å². The molecule has 0 atom stereocenters. The third-order valence-electron chi connectivity index (χ3n) is 3.57. The topological polar surface area (TPSA) is 42.4 Å². The number of aromatic nitrogens is 1. The molecule has 1 aliphatic rings. The molecule has 21 heavy (non-hydrogen) atoms. The van der Waals surface area contributed by atoms with E-state index in [1.165, 1.54) is 7.11 Å². The normalized spacial score (nSPS) is 18.2. The Morgan fingerprint density at radius 1 is 1.43 bits per heavy atom. The molecule has 2 heterocycles. The van der Waals surface area contributed by atoms with Crippen LogP contribution in [0.4, 0.5) is 14.6 Å². The van der Waals surface area contributed by atoms with Crippen LogP contribution in [0.25, 0.3) is 0 Å². The lowest BCUT2D eigenvalue weighted by Gasteiger charge is -2.24. The number of ether oxygens (including phenoxy) is 1. The van der Waals surface area contributed by atoms with Gasteiger partial charge in [0.15, 0.2) is 0 Å². The number of hydrogen-bond acceptors (Lipinski definition) is 4. The number of pyridine rings is 1. The Labute approximate surface area is 127 Å². The number of alkyl halides is 2. The third-order valence-corrected chi connectivity index (χ3v) is 3.77. The number of methoxy groups -OCH3 is 1. The minimum atomic E-state index is -2.67. The monoisotopic (exact) mass is 318 g/mol. The molecule has 0 N–H and O–H groups in total. The number of hydrogen-bond donors (Lipinski definition) is 0. The molecular weight excluding hydrogens is 302 g/mol. The summed E-state index contributed by atoms with van der Waals surface area (Å²) in [6, 6.07) is 1.56. The van der Waals surface area contributed by atoms with E-state index in [0.29, 0.717) is 24.3 Å². The maximum atomic E-state index is 13.5. The predicted molar refractivity (Wildman–Crippen MR) is 76.3 cm³/mol. The fourth-order valence-electron chi connectivity index (χ4n) is 2.48. The lowest BCUT2D eigenvalue weighted by Crippen LogP contribution is -2.29. The molecule has 0 spiro atoms. The second kappa shape index (κ2) is 6.13. The van der Waals surface area contributed by atoms with Crippen molar-refractivity contribution in [3.8, 4) is 0 Å². The Balaban J connectivity index is 2.40. The van der Waals surface area contributed by atoms with Crippen molar-refractivity contribution >= 4 is 23.4 Å². The third kappa shape index (κ3) is 3.61. The Morgan fingerprint density at radius 3 is 2.81 bits per heavy atom. The van der Waals surface area contributed by atoms with Crippen molar-refractivity contribution in [2.75, 3.05) is 25.1 Å². The van der Waals surface area contributed by atoms with Gasteiger partial charge >= 0.3 is 5.97 Å². The molecule has 1 fully saturated rings. The Hall–Kier alpha value is -1.43. The number of rotatable bonds is 2. The summed E-state index contributed by atoms with van der Waals surface area (Å²) < 4.78 is 31.7. The highest BCUT2D eigenvalue weighted by atomic mass is 35.5. The largest absolute Gasteiger partial charge is 0.465 e. The zero-order valence-electron chi connectivity index (χ0n) is 12.0. The fraction of sp³-hybridized carbons (Fsp3) is 0.571. The van der Waals surface area contributed by atoms with Gasteiger partial charge in [-0.2, -0.15) is 0 Å². The van der Waals surface area contributed by atoms with Crippen LogP contribution >= 0.6 is 11.6 Å². The standard InChI is InChI=1S/C14H17ClF2N2O2/c1-9-8-10(15)18-12(11(9)13(20)21-2)19-6-3-4-14(16,17)5-7-19/h8H,3-7H2,1-2H3. The van der Waals surface area contributed by atoms with Crippen molar-refractivity contribution in [1.29, 1.82) is 0 Å². The van der Waals surface area contributed by atoms with Crippen LogP contribution < -0.4 is 4.90 Å². The summed E-state index contributed by atoms with van der Waals surface area (Å²) in [5.74, 6) is -2.89. The van der Waals surface area contributed by atoms with Crippen LogP contribution in [0.15, 0.2) is 6.07 Å². The quantitative estimate of drug-likeness (QED) is 0.618. The van der Waals surface area contributed by atoms with Gasteiger partial charge in [-0.15, -0.1) is 0 Å². The van der Waals surface area contributed by atoms with E-state index < -0.39 is 11.9 Å². The number of carbonyl (C=O) groups is 1. The molecule has 1 aliphatic heterocycles. The van der Waals surface area contributed by atoms with Crippen LogP contribution in [0.5, 0.6) is 0 Å². The van der Waals surface area contributed by atoms with Gasteiger partial charge in [0, 0.05) is 25.9 Å². The smallest absolute Gasteiger partial charge is 0.341 e. The summed E-state index contributed by atoms with van der Waals surface area (Å²) in [5, 5.41) is 0.228. The molecule has 0 amide bonds. The summed E-state index contributed by atoms with van der Waals surface area (Å²) in [4.78, 5) is 17.8. The number of halogens is 3. The first-order valence-corrected chi connectivity index (χ1v) is 7.10. The molecular formula is C14H17ClF2N2O2. The van der Waals surface area contributed by atoms with E-state index in [1.807, 2.05) is 0 Å². The van der Waals surface area contributed by atoms with Crippen LogP contribution in [-0.2, 0) is 4.74 Å². The van der Waals surface area contributed by atoms with Crippen LogP contribution in [0, 0.1) is 6.92 Å². The molecule has 116 valence electrons. The molecule has 7 heteroatoms. The fourth-order valence-corrected chi connectivity index (χ4v) is 2.72. The van der Waals surface area contributed by atoms with Crippen LogP contribution in [0.3, 0.4) is 0 Å². The van der Waals surface area contributed by atoms with Gasteiger partial charge in [0.05, 0.1) is 7.11 Å². The van der Waals surface area contributed by atoms with Crippen molar-refractivity contribution in [3.63, 3.8) is 0 Å². The van der Waals surface area contributed by atoms with E-state index >= 15 is 0 Å². The van der Waals surface area contributed by atoms with Gasteiger partial charge in [0.25, 0.3) is 0 Å². The Bertz CT molecular complexity index is 552. The number of nitrogens with zero attached hydrogens (tertiary/aromatic N) is 2. The van der Waals surface area contributed by atoms with Gasteiger partial charge in [-0.3, -0.25) is 0 Å². The number of anilines is 1. The van der Waals surface area contributed by atoms with Crippen LogP contribution in [0.2, 0.25) is 5.15 Å². The minimum absolute atomic E-state index is 0.129. The van der Waals surface area contributed by atoms with E-state index in [9.17, 15) is 13.6 Å². The highest BCUT2D eigenvalue weighted by Crippen LogP contribution is 2.32. The first-order valence-electron chi connectivity index (χ1n) is 6.72. The van der Waals surface area contributed by atoms with E-state index in [4.69, 9.17) is 16.3 Å². The molecule has 0 aliphatic carbocycles. The lowest BCUT2D eigenvalue weighted by atomic mass is 10.1. The molecule has 4 nitrogen and oxygen atoms in total. The maximum absolute atomic E-state index is 13.5. The van der Waals surface area contributed by atoms with Crippen molar-refractivity contribution in [1.82, 2.24) is 4.98 Å². The van der Waals surface area contributed by atoms with Gasteiger partial charge in [-0.1, -0.05) is 11.6 Å². The molecule has 1 saturated heterocycles. The predicted octanol–water partition coefficient (Wildman–Crippen LogP) is 3.46. The van der Waals surface area contributed by atoms with Crippen molar-refractivity contribution in [3.05, 3.63) is 22.3 Å².